The maximum atomic E-state index is 14.9. The number of H-pyrrole nitrogens is 1. The van der Waals surface area contributed by atoms with Gasteiger partial charge in [0.15, 0.2) is 0 Å². The lowest BCUT2D eigenvalue weighted by molar-refractivity contribution is -0.134. The largest absolute Gasteiger partial charge is 0.487 e. The monoisotopic (exact) mass is 456 g/mol. The van der Waals surface area contributed by atoms with Crippen molar-refractivity contribution in [1.82, 2.24) is 25.6 Å². The van der Waals surface area contributed by atoms with Gasteiger partial charge >= 0.3 is 0 Å². The molecule has 5 N–H and O–H groups in total. The van der Waals surface area contributed by atoms with Gasteiger partial charge < -0.3 is 30.4 Å². The smallest absolute Gasteiger partial charge is 0.254 e. The molecule has 2 atom stereocenters. The maximum absolute atomic E-state index is 14.9. The molecule has 0 aliphatic carbocycles. The highest BCUT2D eigenvalue weighted by molar-refractivity contribution is 7.79. The fraction of sp³-hybridized carbons (Fsp3) is 0.444. The van der Waals surface area contributed by atoms with Gasteiger partial charge in [-0.05, 0) is 29.9 Å². The second kappa shape index (κ2) is 9.94. The summed E-state index contributed by atoms with van der Waals surface area (Å²) in [7, 11) is 0. The van der Waals surface area contributed by atoms with Crippen LogP contribution in [-0.2, 0) is 4.79 Å². The first kappa shape index (κ1) is 22.8. The van der Waals surface area contributed by atoms with E-state index in [2.05, 4.69) is 32.9 Å². The molecule has 13 heteroatoms. The second-order valence-corrected chi connectivity index (χ2v) is 7.41. The van der Waals surface area contributed by atoms with Crippen LogP contribution in [0.1, 0.15) is 23.7 Å². The van der Waals surface area contributed by atoms with E-state index < -0.39 is 35.6 Å². The highest BCUT2D eigenvalue weighted by Gasteiger charge is 2.28. The maximum Gasteiger partial charge on any atom is 0.254 e. The van der Waals surface area contributed by atoms with Crippen LogP contribution in [-0.4, -0.2) is 85.6 Å². The lowest BCUT2D eigenvalue weighted by Gasteiger charge is -2.36. The predicted octanol–water partition coefficient (Wildman–Crippen LogP) is -0.00330. The minimum Gasteiger partial charge on any atom is -0.487 e. The molecule has 2 heterocycles. The molecule has 31 heavy (non-hydrogen) atoms. The Morgan fingerprint density at radius 1 is 1.26 bits per heavy atom. The van der Waals surface area contributed by atoms with Crippen molar-refractivity contribution in [2.24, 2.45) is 0 Å². The molecule has 168 valence electrons. The lowest BCUT2D eigenvalue weighted by Crippen LogP contribution is -2.50. The summed E-state index contributed by atoms with van der Waals surface area (Å²) >= 11 is 4.63. The van der Waals surface area contributed by atoms with Gasteiger partial charge in [0.05, 0.1) is 19.1 Å². The highest BCUT2D eigenvalue weighted by atomic mass is 32.1. The van der Waals surface area contributed by atoms with Crippen LogP contribution in [0.25, 0.3) is 0 Å². The van der Waals surface area contributed by atoms with Gasteiger partial charge in [-0.25, -0.2) is 8.78 Å². The number of hydrogen-bond donors (Lipinski definition) is 5. The van der Waals surface area contributed by atoms with E-state index in [9.17, 15) is 23.8 Å². The molecular weight excluding hydrogens is 434 g/mol. The molecule has 0 spiro atoms. The van der Waals surface area contributed by atoms with E-state index in [1.54, 1.807) is 0 Å². The van der Waals surface area contributed by atoms with Gasteiger partial charge in [0.25, 0.3) is 5.17 Å². The molecule has 10 nitrogen and oxygen atoms in total. The first-order valence-corrected chi connectivity index (χ1v) is 9.87. The molecule has 0 radical (unpaired) electrons. The zero-order chi connectivity index (χ0) is 22.5. The number of nitrogens with one attached hydrogen (secondary N) is 2. The SMILES string of the molecule is O=C(C[C@H](O)CO)N1CCN(c2c(F)cc(C(NC(O)=S)c3c[nH]nn3)cc2F)CC1. The Morgan fingerprint density at radius 3 is 2.42 bits per heavy atom. The summed E-state index contributed by atoms with van der Waals surface area (Å²) in [4.78, 5) is 15.1. The Kier molecular flexibility index (Phi) is 7.30. The lowest BCUT2D eigenvalue weighted by atomic mass is 10.0. The standard InChI is InChI=1S/C18H22F2N6O4S/c19-12-5-10(16(22-18(30)31)14-8-21-24-23-14)6-13(20)17(12)26-3-1-25(2-4-26)15(29)7-11(28)9-27/h5-6,8,11,16,27-28H,1-4,7,9H2,(H,21,23,24)(H2,22,30,31)/t11-,16?/m0/s1. The molecule has 2 aromatic rings. The number of benzene rings is 1. The Bertz CT molecular complexity index is 901. The fourth-order valence-corrected chi connectivity index (χ4v) is 3.55. The van der Waals surface area contributed by atoms with Gasteiger partial charge in [0.1, 0.15) is 29.1 Å². The van der Waals surface area contributed by atoms with Crippen molar-refractivity contribution < 1.29 is 28.9 Å². The molecule has 0 bridgehead atoms. The van der Waals surface area contributed by atoms with E-state index in [-0.39, 0.29) is 55.5 Å². The average molecular weight is 456 g/mol. The summed E-state index contributed by atoms with van der Waals surface area (Å²) in [5.41, 5.74) is 0.202. The zero-order valence-corrected chi connectivity index (χ0v) is 17.1. The number of hydrogen-bond acceptors (Lipinski definition) is 7. The van der Waals surface area contributed by atoms with Gasteiger partial charge in [0, 0.05) is 32.4 Å². The van der Waals surface area contributed by atoms with Crippen LogP contribution < -0.4 is 10.2 Å². The second-order valence-electron chi connectivity index (χ2n) is 7.02. The number of carbonyl (C=O) groups excluding carboxylic acids is 1. The van der Waals surface area contributed by atoms with Crippen LogP contribution in [0.5, 0.6) is 0 Å². The summed E-state index contributed by atoms with van der Waals surface area (Å²) in [6, 6.07) is 1.33. The molecule has 1 aromatic carbocycles. The minimum absolute atomic E-state index is 0.149. The Labute approximate surface area is 181 Å². The number of aromatic amines is 1. The van der Waals surface area contributed by atoms with Crippen LogP contribution in [0.2, 0.25) is 0 Å². The van der Waals surface area contributed by atoms with E-state index in [4.69, 9.17) is 5.11 Å². The third kappa shape index (κ3) is 5.42. The molecule has 1 aliphatic rings. The number of amides is 1. The number of aliphatic hydroxyl groups excluding tert-OH is 3. The number of thiocarbonyl (C=S) groups is 1. The summed E-state index contributed by atoms with van der Waals surface area (Å²) in [6.07, 6.45) is 0.0618. The molecule has 1 amide bonds. The molecule has 1 fully saturated rings. The number of nitrogens with zero attached hydrogens (tertiary/aromatic N) is 4. The molecule has 1 saturated heterocycles. The van der Waals surface area contributed by atoms with Crippen LogP contribution in [0.4, 0.5) is 14.5 Å². The number of aromatic nitrogens is 3. The molecular formula is C18H22F2N6O4S. The van der Waals surface area contributed by atoms with Gasteiger partial charge in [-0.3, -0.25) is 9.89 Å². The van der Waals surface area contributed by atoms with E-state index in [1.165, 1.54) is 16.0 Å². The van der Waals surface area contributed by atoms with Crippen LogP contribution in [0.3, 0.4) is 0 Å². The molecule has 3 rings (SSSR count). The number of carbonyl (C=O) groups is 1. The van der Waals surface area contributed by atoms with Crippen LogP contribution in [0.15, 0.2) is 18.3 Å². The van der Waals surface area contributed by atoms with Crippen molar-refractivity contribution in [1.29, 1.82) is 0 Å². The predicted molar refractivity (Wildman–Crippen MR) is 109 cm³/mol. The topological polar surface area (TPSA) is 138 Å². The fourth-order valence-electron chi connectivity index (χ4n) is 3.43. The molecule has 0 saturated carbocycles. The minimum atomic E-state index is -1.13. The van der Waals surface area contributed by atoms with E-state index in [0.717, 1.165) is 12.1 Å². The van der Waals surface area contributed by atoms with E-state index in [1.807, 2.05) is 0 Å². The Balaban J connectivity index is 1.75. The number of halogens is 2. The zero-order valence-electron chi connectivity index (χ0n) is 16.3. The van der Waals surface area contributed by atoms with Crippen molar-refractivity contribution >= 4 is 29.0 Å². The summed E-state index contributed by atoms with van der Waals surface area (Å²) in [5, 5.41) is 39.5. The third-order valence-electron chi connectivity index (χ3n) is 4.94. The average Bonchev–Trinajstić information content (AvgIpc) is 3.26. The third-order valence-corrected chi connectivity index (χ3v) is 5.06. The molecule has 1 unspecified atom stereocenters. The summed E-state index contributed by atoms with van der Waals surface area (Å²) in [6.45, 7) is 0.318. The number of anilines is 1. The van der Waals surface area contributed by atoms with Crippen molar-refractivity contribution in [2.45, 2.75) is 18.6 Å². The normalized spacial score (nSPS) is 16.1. The number of rotatable bonds is 7. The molecule has 1 aromatic heterocycles. The van der Waals surface area contributed by atoms with Crippen LogP contribution in [0, 0.1) is 11.6 Å². The van der Waals surface area contributed by atoms with Crippen molar-refractivity contribution in [3.63, 3.8) is 0 Å². The van der Waals surface area contributed by atoms with Crippen molar-refractivity contribution in [2.75, 3.05) is 37.7 Å². The Morgan fingerprint density at radius 2 is 1.90 bits per heavy atom. The quantitative estimate of drug-likeness (QED) is 0.364. The van der Waals surface area contributed by atoms with Gasteiger partial charge in [0.2, 0.25) is 5.91 Å². The summed E-state index contributed by atoms with van der Waals surface area (Å²) < 4.78 is 29.8. The van der Waals surface area contributed by atoms with Gasteiger partial charge in [-0.2, -0.15) is 0 Å². The molecule has 1 aliphatic heterocycles. The Hall–Kier alpha value is -2.90. The van der Waals surface area contributed by atoms with Gasteiger partial charge in [-0.1, -0.05) is 5.21 Å². The highest BCUT2D eigenvalue weighted by Crippen LogP contribution is 2.30. The van der Waals surface area contributed by atoms with Gasteiger partial charge in [-0.15, -0.1) is 5.10 Å². The number of aliphatic hydroxyl groups is 3. The first-order valence-electron chi connectivity index (χ1n) is 9.46. The van der Waals surface area contributed by atoms with E-state index >= 15 is 0 Å². The van der Waals surface area contributed by atoms with Crippen LogP contribution >= 0.6 is 12.2 Å². The van der Waals surface area contributed by atoms with Crippen molar-refractivity contribution in [3.05, 3.63) is 41.2 Å². The number of piperazine rings is 1. The first-order chi connectivity index (χ1) is 14.8. The summed E-state index contributed by atoms with van der Waals surface area (Å²) in [5.74, 6) is -1.96. The van der Waals surface area contributed by atoms with E-state index in [0.29, 0.717) is 0 Å². The van der Waals surface area contributed by atoms with Crippen molar-refractivity contribution in [3.8, 4) is 0 Å².